The zero-order valence-corrected chi connectivity index (χ0v) is 12.8. The molecule has 2 aromatic carbocycles. The van der Waals surface area contributed by atoms with Gasteiger partial charge in [-0.25, -0.2) is 4.79 Å². The van der Waals surface area contributed by atoms with Crippen molar-refractivity contribution in [1.82, 2.24) is 0 Å². The van der Waals surface area contributed by atoms with Crippen LogP contribution in [0.3, 0.4) is 0 Å². The molecule has 0 amide bonds. The molecule has 0 saturated carbocycles. The van der Waals surface area contributed by atoms with Crippen LogP contribution in [-0.2, 0) is 10.3 Å². The molecule has 0 unspecified atom stereocenters. The van der Waals surface area contributed by atoms with Crippen LogP contribution in [0.2, 0.25) is 0 Å². The summed E-state index contributed by atoms with van der Waals surface area (Å²) in [5, 5.41) is 0. The summed E-state index contributed by atoms with van der Waals surface area (Å²) in [6.45, 7) is 3.88. The van der Waals surface area contributed by atoms with E-state index in [0.29, 0.717) is 5.56 Å². The molecule has 0 saturated heterocycles. The predicted octanol–water partition coefficient (Wildman–Crippen LogP) is 3.83. The highest BCUT2D eigenvalue weighted by Gasteiger charge is 2.39. The summed E-state index contributed by atoms with van der Waals surface area (Å²) in [4.78, 5) is 14.0. The van der Waals surface area contributed by atoms with Gasteiger partial charge in [0.05, 0.1) is 5.56 Å². The first-order valence-electron chi connectivity index (χ1n) is 7.05. The fourth-order valence-electron chi connectivity index (χ4n) is 2.89. The van der Waals surface area contributed by atoms with Crippen LogP contribution < -0.4 is 4.90 Å². The average Bonchev–Trinajstić information content (AvgIpc) is 2.69. The average molecular weight is 281 g/mol. The largest absolute Gasteiger partial charge is 0.451 e. The Morgan fingerprint density at radius 2 is 1.57 bits per heavy atom. The molecular weight excluding hydrogens is 262 g/mol. The lowest BCUT2D eigenvalue weighted by molar-refractivity contribution is 0.00971. The normalized spacial score (nSPS) is 15.5. The van der Waals surface area contributed by atoms with E-state index in [1.807, 2.05) is 46.1 Å². The monoisotopic (exact) mass is 281 g/mol. The van der Waals surface area contributed by atoms with Crippen molar-refractivity contribution < 1.29 is 9.53 Å². The molecule has 0 atom stereocenters. The first-order chi connectivity index (χ1) is 9.90. The van der Waals surface area contributed by atoms with Crippen LogP contribution in [-0.4, -0.2) is 20.1 Å². The summed E-state index contributed by atoms with van der Waals surface area (Å²) in [6, 6.07) is 14.1. The Labute approximate surface area is 125 Å². The van der Waals surface area contributed by atoms with Gasteiger partial charge in [-0.2, -0.15) is 0 Å². The summed E-state index contributed by atoms with van der Waals surface area (Å²) in [5.41, 5.74) is 4.39. The Hall–Kier alpha value is -2.29. The number of benzene rings is 2. The number of ether oxygens (including phenoxy) is 1. The van der Waals surface area contributed by atoms with Crippen LogP contribution in [0.25, 0.3) is 11.1 Å². The summed E-state index contributed by atoms with van der Waals surface area (Å²) in [7, 11) is 4.04. The molecule has 0 fully saturated rings. The molecule has 0 N–H and O–H groups in total. The Morgan fingerprint density at radius 1 is 0.952 bits per heavy atom. The van der Waals surface area contributed by atoms with Gasteiger partial charge in [-0.3, -0.25) is 0 Å². The number of anilines is 1. The molecule has 1 aliphatic heterocycles. The van der Waals surface area contributed by atoms with Crippen molar-refractivity contribution in [3.05, 3.63) is 53.6 Å². The summed E-state index contributed by atoms with van der Waals surface area (Å²) >= 11 is 0. The molecule has 1 heterocycles. The number of rotatable bonds is 2. The van der Waals surface area contributed by atoms with Crippen molar-refractivity contribution in [2.45, 2.75) is 19.4 Å². The fraction of sp³-hybridized carbons (Fsp3) is 0.278. The highest BCUT2D eigenvalue weighted by molar-refractivity contribution is 5.97. The Bertz CT molecular complexity index is 700. The number of hydrogen-bond donors (Lipinski definition) is 0. The first-order valence-corrected chi connectivity index (χ1v) is 7.05. The van der Waals surface area contributed by atoms with Crippen LogP contribution >= 0.6 is 0 Å². The molecule has 0 aromatic heterocycles. The van der Waals surface area contributed by atoms with Crippen LogP contribution in [0.15, 0.2) is 42.5 Å². The van der Waals surface area contributed by atoms with Crippen molar-refractivity contribution in [2.24, 2.45) is 0 Å². The molecule has 3 nitrogen and oxygen atoms in total. The third kappa shape index (κ3) is 2.19. The lowest BCUT2D eigenvalue weighted by Crippen LogP contribution is -2.17. The van der Waals surface area contributed by atoms with Crippen LogP contribution in [0.4, 0.5) is 5.69 Å². The smallest absolute Gasteiger partial charge is 0.339 e. The van der Waals surface area contributed by atoms with E-state index in [1.165, 1.54) is 0 Å². The van der Waals surface area contributed by atoms with Crippen molar-refractivity contribution in [2.75, 3.05) is 19.0 Å². The van der Waals surface area contributed by atoms with Gasteiger partial charge in [0.25, 0.3) is 0 Å². The maximum atomic E-state index is 12.0. The van der Waals surface area contributed by atoms with E-state index in [4.69, 9.17) is 4.74 Å². The molecule has 0 spiro atoms. The number of fused-ring (bicyclic) bond motifs is 1. The third-order valence-corrected chi connectivity index (χ3v) is 3.93. The van der Waals surface area contributed by atoms with E-state index < -0.39 is 5.60 Å². The predicted molar refractivity (Wildman–Crippen MR) is 84.6 cm³/mol. The van der Waals surface area contributed by atoms with Crippen molar-refractivity contribution in [3.8, 4) is 11.1 Å². The number of nitrogens with zero attached hydrogens (tertiary/aromatic N) is 1. The summed E-state index contributed by atoms with van der Waals surface area (Å²) in [6.07, 6.45) is 0. The van der Waals surface area contributed by atoms with Crippen molar-refractivity contribution >= 4 is 11.7 Å². The van der Waals surface area contributed by atoms with E-state index in [1.54, 1.807) is 0 Å². The molecular formula is C18H19NO2. The van der Waals surface area contributed by atoms with E-state index in [-0.39, 0.29) is 5.97 Å². The Morgan fingerprint density at radius 3 is 2.19 bits per heavy atom. The molecule has 21 heavy (non-hydrogen) atoms. The van der Waals surface area contributed by atoms with E-state index in [2.05, 4.69) is 29.2 Å². The zero-order valence-electron chi connectivity index (χ0n) is 12.8. The maximum absolute atomic E-state index is 12.0. The summed E-state index contributed by atoms with van der Waals surface area (Å²) in [5.74, 6) is -0.234. The highest BCUT2D eigenvalue weighted by Crippen LogP contribution is 2.42. The van der Waals surface area contributed by atoms with Crippen LogP contribution in [0.5, 0.6) is 0 Å². The minimum absolute atomic E-state index is 0.234. The topological polar surface area (TPSA) is 29.5 Å². The number of carbonyl (C=O) groups excluding carboxylic acids is 1. The fourth-order valence-corrected chi connectivity index (χ4v) is 2.89. The van der Waals surface area contributed by atoms with Crippen LogP contribution in [0, 0.1) is 0 Å². The molecule has 3 heteroatoms. The van der Waals surface area contributed by atoms with Crippen molar-refractivity contribution in [1.29, 1.82) is 0 Å². The second-order valence-corrected chi connectivity index (χ2v) is 6.07. The van der Waals surface area contributed by atoms with Gasteiger partial charge in [0, 0.05) is 25.3 Å². The zero-order chi connectivity index (χ0) is 15.2. The Balaban J connectivity index is 2.15. The number of esters is 1. The van der Waals surface area contributed by atoms with Crippen LogP contribution in [0.1, 0.15) is 29.8 Å². The standard InChI is InChI=1S/C18H19NO2/c1-18(2)16-14(6-5-7-15(16)17(20)21-18)12-8-10-13(11-9-12)19(3)4/h5-11H,1-4H3. The lowest BCUT2D eigenvalue weighted by Gasteiger charge is -2.21. The first kappa shape index (κ1) is 13.7. The molecule has 0 bridgehead atoms. The van der Waals surface area contributed by atoms with Gasteiger partial charge in [0.15, 0.2) is 0 Å². The van der Waals surface area contributed by atoms with E-state index >= 15 is 0 Å². The van der Waals surface area contributed by atoms with Gasteiger partial charge < -0.3 is 9.64 Å². The molecule has 2 aromatic rings. The third-order valence-electron chi connectivity index (χ3n) is 3.93. The minimum atomic E-state index is -0.580. The van der Waals surface area contributed by atoms with Gasteiger partial charge in [-0.15, -0.1) is 0 Å². The van der Waals surface area contributed by atoms with E-state index in [0.717, 1.165) is 22.4 Å². The minimum Gasteiger partial charge on any atom is -0.451 e. The summed E-state index contributed by atoms with van der Waals surface area (Å²) < 4.78 is 5.50. The van der Waals surface area contributed by atoms with E-state index in [9.17, 15) is 4.79 Å². The number of hydrogen-bond acceptors (Lipinski definition) is 3. The quantitative estimate of drug-likeness (QED) is 0.784. The molecule has 1 aliphatic rings. The SMILES string of the molecule is CN(C)c1ccc(-c2cccc3c2C(C)(C)OC3=O)cc1. The van der Waals surface area contributed by atoms with Crippen molar-refractivity contribution in [3.63, 3.8) is 0 Å². The van der Waals surface area contributed by atoms with Gasteiger partial charge in [0.1, 0.15) is 5.60 Å². The highest BCUT2D eigenvalue weighted by atomic mass is 16.6. The number of cyclic esters (lactones) is 1. The second kappa shape index (κ2) is 4.62. The molecule has 108 valence electrons. The molecule has 3 rings (SSSR count). The molecule has 0 aliphatic carbocycles. The molecule has 0 radical (unpaired) electrons. The Kier molecular flexibility index (Phi) is 3.01. The van der Waals surface area contributed by atoms with Gasteiger partial charge in [-0.05, 0) is 43.2 Å². The lowest BCUT2D eigenvalue weighted by atomic mass is 9.87. The maximum Gasteiger partial charge on any atom is 0.339 e. The van der Waals surface area contributed by atoms with Gasteiger partial charge in [-0.1, -0.05) is 24.3 Å². The number of carbonyl (C=O) groups is 1. The second-order valence-electron chi connectivity index (χ2n) is 6.07. The van der Waals surface area contributed by atoms with Gasteiger partial charge in [0.2, 0.25) is 0 Å². The van der Waals surface area contributed by atoms with Gasteiger partial charge >= 0.3 is 5.97 Å².